The Morgan fingerprint density at radius 2 is 1.93 bits per heavy atom. The summed E-state index contributed by atoms with van der Waals surface area (Å²) in [5, 5.41) is 0. The van der Waals surface area contributed by atoms with Gasteiger partial charge in [0.1, 0.15) is 17.9 Å². The predicted molar refractivity (Wildman–Crippen MR) is 109 cm³/mol. The maximum absolute atomic E-state index is 12.2. The fourth-order valence-electron chi connectivity index (χ4n) is 3.07. The quantitative estimate of drug-likeness (QED) is 0.329. The first-order valence-corrected chi connectivity index (χ1v) is 9.07. The Kier molecular flexibility index (Phi) is 6.34. The van der Waals surface area contributed by atoms with Crippen molar-refractivity contribution in [3.63, 3.8) is 0 Å². The molecule has 3 aromatic rings. The Hall–Kier alpha value is -3.54. The van der Waals surface area contributed by atoms with E-state index in [-0.39, 0.29) is 6.61 Å². The largest absolute Gasteiger partial charge is 0.503 e. The molecule has 0 fully saturated rings. The van der Waals surface area contributed by atoms with Gasteiger partial charge < -0.3 is 18.6 Å². The number of nitrogens with zero attached hydrogens (tertiary/aromatic N) is 1. The Balaban J connectivity index is 1.87. The van der Waals surface area contributed by atoms with Crippen molar-refractivity contribution in [2.45, 2.75) is 20.5 Å². The summed E-state index contributed by atoms with van der Waals surface area (Å²) in [7, 11) is 2.83. The first-order valence-electron chi connectivity index (χ1n) is 9.07. The molecule has 2 aromatic carbocycles. The lowest BCUT2D eigenvalue weighted by atomic mass is 10.0. The van der Waals surface area contributed by atoms with Crippen molar-refractivity contribution in [1.82, 2.24) is 4.98 Å². The van der Waals surface area contributed by atoms with Crippen LogP contribution in [-0.4, -0.2) is 25.2 Å². The monoisotopic (exact) mass is 393 g/mol. The molecule has 1 heterocycles. The second-order valence-electron chi connectivity index (χ2n) is 6.50. The van der Waals surface area contributed by atoms with E-state index in [0.29, 0.717) is 11.1 Å². The Bertz CT molecular complexity index is 1020. The number of hydrogen-bond acceptors (Lipinski definition) is 6. The van der Waals surface area contributed by atoms with Crippen LogP contribution < -0.4 is 4.74 Å². The second-order valence-corrected chi connectivity index (χ2v) is 6.50. The van der Waals surface area contributed by atoms with E-state index in [9.17, 15) is 4.79 Å². The molecule has 1 aromatic heterocycles. The molecule has 0 N–H and O–H groups in total. The van der Waals surface area contributed by atoms with Crippen LogP contribution in [-0.2, 0) is 20.9 Å². The molecule has 0 unspecified atom stereocenters. The van der Waals surface area contributed by atoms with E-state index in [1.807, 2.05) is 50.2 Å². The number of esters is 1. The van der Waals surface area contributed by atoms with Gasteiger partial charge in [0.05, 0.1) is 26.7 Å². The zero-order valence-corrected chi connectivity index (χ0v) is 16.9. The highest BCUT2D eigenvalue weighted by atomic mass is 16.5. The smallest absolute Gasteiger partial charge is 0.341 e. The van der Waals surface area contributed by atoms with Crippen molar-refractivity contribution in [2.75, 3.05) is 14.2 Å². The van der Waals surface area contributed by atoms with Crippen LogP contribution in [0.15, 0.2) is 59.7 Å². The van der Waals surface area contributed by atoms with Gasteiger partial charge >= 0.3 is 5.97 Å². The van der Waals surface area contributed by atoms with Gasteiger partial charge in [-0.15, -0.1) is 0 Å². The molecule has 0 aliphatic carbocycles. The third-order valence-electron chi connectivity index (χ3n) is 4.55. The number of carbonyl (C=O) groups is 1. The summed E-state index contributed by atoms with van der Waals surface area (Å²) in [5.74, 6) is 1.01. The fraction of sp³-hybridized carbons (Fsp3) is 0.217. The summed E-state index contributed by atoms with van der Waals surface area (Å²) in [6, 6.07) is 11.5. The zero-order valence-electron chi connectivity index (χ0n) is 16.9. The van der Waals surface area contributed by atoms with E-state index in [1.54, 1.807) is 6.20 Å². The molecule has 0 bridgehead atoms. The molecule has 0 aliphatic heterocycles. The topological polar surface area (TPSA) is 70.8 Å². The lowest BCUT2D eigenvalue weighted by Gasteiger charge is -2.15. The lowest BCUT2D eigenvalue weighted by Crippen LogP contribution is -2.08. The van der Waals surface area contributed by atoms with Gasteiger partial charge in [-0.05, 0) is 48.2 Å². The summed E-state index contributed by atoms with van der Waals surface area (Å²) in [6.07, 6.45) is 4.49. The highest BCUT2D eigenvalue weighted by Gasteiger charge is 2.17. The molecule has 0 saturated carbocycles. The molecule has 0 atom stereocenters. The van der Waals surface area contributed by atoms with E-state index in [4.69, 9.17) is 18.6 Å². The van der Waals surface area contributed by atoms with Crippen molar-refractivity contribution in [1.29, 1.82) is 0 Å². The minimum absolute atomic E-state index is 0.288. The molecule has 0 spiro atoms. The highest BCUT2D eigenvalue weighted by Crippen LogP contribution is 2.31. The number of methoxy groups -OCH3 is 2. The first kappa shape index (κ1) is 20.2. The van der Waals surface area contributed by atoms with E-state index in [2.05, 4.69) is 4.98 Å². The van der Waals surface area contributed by atoms with Gasteiger partial charge in [0, 0.05) is 5.56 Å². The first-order chi connectivity index (χ1) is 14.0. The minimum Gasteiger partial charge on any atom is -0.503 e. The number of aryl methyl sites for hydroxylation is 2. The van der Waals surface area contributed by atoms with Crippen molar-refractivity contribution in [3.8, 4) is 17.1 Å². The van der Waals surface area contributed by atoms with E-state index < -0.39 is 5.97 Å². The average molecular weight is 393 g/mol. The Labute approximate surface area is 169 Å². The van der Waals surface area contributed by atoms with Crippen LogP contribution in [0, 0.1) is 13.8 Å². The standard InChI is InChI=1S/C23H23NO5/c1-15-10-21(16(2)9-19(15)22-11-24-14-29-22)28-12-17-7-5-6-8-18(17)20(13-26-3)23(25)27-4/h5-11,13-14H,12H2,1-4H3/b20-13+. The molecule has 29 heavy (non-hydrogen) atoms. The summed E-state index contributed by atoms with van der Waals surface area (Å²) < 4.78 is 21.4. The lowest BCUT2D eigenvalue weighted by molar-refractivity contribution is -0.133. The molecule has 6 heteroatoms. The number of oxazole rings is 1. The highest BCUT2D eigenvalue weighted by molar-refractivity contribution is 6.16. The van der Waals surface area contributed by atoms with Gasteiger partial charge in [0.2, 0.25) is 0 Å². The predicted octanol–water partition coefficient (Wildman–Crippen LogP) is 4.70. The van der Waals surface area contributed by atoms with Crippen LogP contribution in [0.5, 0.6) is 5.75 Å². The number of benzene rings is 2. The van der Waals surface area contributed by atoms with Crippen molar-refractivity contribution in [3.05, 3.63) is 77.5 Å². The van der Waals surface area contributed by atoms with Crippen molar-refractivity contribution in [2.24, 2.45) is 0 Å². The molecule has 0 saturated heterocycles. The fourth-order valence-corrected chi connectivity index (χ4v) is 3.07. The van der Waals surface area contributed by atoms with Crippen LogP contribution >= 0.6 is 0 Å². The third-order valence-corrected chi connectivity index (χ3v) is 4.55. The van der Waals surface area contributed by atoms with Gasteiger partial charge in [-0.1, -0.05) is 24.3 Å². The summed E-state index contributed by atoms with van der Waals surface area (Å²) in [5.41, 5.74) is 4.85. The van der Waals surface area contributed by atoms with Gasteiger partial charge in [0.25, 0.3) is 0 Å². The van der Waals surface area contributed by atoms with Crippen molar-refractivity contribution < 1.29 is 23.4 Å². The zero-order chi connectivity index (χ0) is 20.8. The van der Waals surface area contributed by atoms with Crippen LogP contribution in [0.25, 0.3) is 16.9 Å². The number of aromatic nitrogens is 1. The maximum Gasteiger partial charge on any atom is 0.341 e. The van der Waals surface area contributed by atoms with E-state index >= 15 is 0 Å². The van der Waals surface area contributed by atoms with Gasteiger partial charge in [-0.25, -0.2) is 9.78 Å². The number of ether oxygens (including phenoxy) is 3. The second kappa shape index (κ2) is 9.10. The van der Waals surface area contributed by atoms with Crippen LogP contribution in [0.1, 0.15) is 22.3 Å². The minimum atomic E-state index is -0.470. The molecule has 150 valence electrons. The van der Waals surface area contributed by atoms with Crippen LogP contribution in [0.4, 0.5) is 0 Å². The Morgan fingerprint density at radius 1 is 1.14 bits per heavy atom. The molecular formula is C23H23NO5. The molecular weight excluding hydrogens is 370 g/mol. The third kappa shape index (κ3) is 4.48. The molecule has 0 aliphatic rings. The average Bonchev–Trinajstić information content (AvgIpc) is 3.26. The van der Waals surface area contributed by atoms with Gasteiger partial charge in [-0.2, -0.15) is 0 Å². The summed E-state index contributed by atoms with van der Waals surface area (Å²) >= 11 is 0. The molecule has 0 amide bonds. The number of hydrogen-bond donors (Lipinski definition) is 0. The summed E-state index contributed by atoms with van der Waals surface area (Å²) in [6.45, 7) is 4.26. The summed E-state index contributed by atoms with van der Waals surface area (Å²) in [4.78, 5) is 16.1. The normalized spacial score (nSPS) is 11.2. The van der Waals surface area contributed by atoms with Gasteiger partial charge in [-0.3, -0.25) is 0 Å². The van der Waals surface area contributed by atoms with Crippen LogP contribution in [0.3, 0.4) is 0 Å². The van der Waals surface area contributed by atoms with Crippen molar-refractivity contribution >= 4 is 11.5 Å². The number of carbonyl (C=O) groups excluding carboxylic acids is 1. The van der Waals surface area contributed by atoms with Crippen LogP contribution in [0.2, 0.25) is 0 Å². The maximum atomic E-state index is 12.2. The SMILES string of the molecule is CO/C=C(/C(=O)OC)c1ccccc1COc1cc(C)c(-c2cnco2)cc1C. The Morgan fingerprint density at radius 3 is 2.62 bits per heavy atom. The van der Waals surface area contributed by atoms with E-state index in [0.717, 1.165) is 33.8 Å². The molecule has 6 nitrogen and oxygen atoms in total. The molecule has 3 rings (SSSR count). The van der Waals surface area contributed by atoms with Gasteiger partial charge in [0.15, 0.2) is 12.2 Å². The number of rotatable bonds is 7. The molecule has 0 radical (unpaired) electrons. The van der Waals surface area contributed by atoms with E-state index in [1.165, 1.54) is 26.9 Å².